The lowest BCUT2D eigenvalue weighted by Crippen LogP contribution is -2.29. The quantitative estimate of drug-likeness (QED) is 0.572. The highest BCUT2D eigenvalue weighted by atomic mass is 19.4. The normalized spacial score (nSPS) is 15.6. The van der Waals surface area contributed by atoms with Gasteiger partial charge in [-0.1, -0.05) is 0 Å². The summed E-state index contributed by atoms with van der Waals surface area (Å²) in [6.45, 7) is -0.400. The van der Waals surface area contributed by atoms with Crippen LogP contribution < -0.4 is 11.5 Å². The van der Waals surface area contributed by atoms with Crippen LogP contribution in [0, 0.1) is 0 Å². The van der Waals surface area contributed by atoms with Gasteiger partial charge in [0.05, 0.1) is 6.10 Å². The van der Waals surface area contributed by atoms with Crippen molar-refractivity contribution in [3.05, 3.63) is 17.5 Å². The van der Waals surface area contributed by atoms with Crippen molar-refractivity contribution < 1.29 is 23.4 Å². The zero-order valence-corrected chi connectivity index (χ0v) is 8.52. The number of nitrogen functional groups attached to an aromatic ring is 1. The minimum atomic E-state index is -4.80. The van der Waals surface area contributed by atoms with Crippen molar-refractivity contribution in [2.75, 3.05) is 12.3 Å². The van der Waals surface area contributed by atoms with E-state index in [1.807, 2.05) is 0 Å². The minimum absolute atomic E-state index is 0.400. The molecule has 0 bridgehead atoms. The minimum Gasteiger partial charge on any atom is -0.389 e. The lowest BCUT2D eigenvalue weighted by atomic mass is 10.0. The van der Waals surface area contributed by atoms with Gasteiger partial charge in [-0.25, -0.2) is 9.97 Å². The highest BCUT2D eigenvalue weighted by Crippen LogP contribution is 2.33. The molecule has 1 rings (SSSR count). The number of nitrogens with zero attached hydrogens (tertiary/aromatic N) is 2. The van der Waals surface area contributed by atoms with Gasteiger partial charge in [0.15, 0.2) is 5.69 Å². The van der Waals surface area contributed by atoms with Gasteiger partial charge in [0.25, 0.3) is 0 Å². The van der Waals surface area contributed by atoms with Gasteiger partial charge in [0.1, 0.15) is 6.10 Å². The van der Waals surface area contributed by atoms with Crippen LogP contribution in [0.15, 0.2) is 6.20 Å². The summed E-state index contributed by atoms with van der Waals surface area (Å²) in [5.74, 6) is -0.574. The van der Waals surface area contributed by atoms with E-state index in [2.05, 4.69) is 9.97 Å². The van der Waals surface area contributed by atoms with Crippen molar-refractivity contribution in [1.82, 2.24) is 9.97 Å². The Kier molecular flexibility index (Phi) is 3.86. The molecule has 2 unspecified atom stereocenters. The van der Waals surface area contributed by atoms with Crippen LogP contribution in [0.2, 0.25) is 0 Å². The number of alkyl halides is 3. The molecule has 1 heterocycles. The summed E-state index contributed by atoms with van der Waals surface area (Å²) in [5.41, 5.74) is 8.04. The molecule has 1 aromatic rings. The van der Waals surface area contributed by atoms with Crippen molar-refractivity contribution in [3.63, 3.8) is 0 Å². The largest absolute Gasteiger partial charge is 0.433 e. The Bertz CT molecular complexity index is 399. The summed E-state index contributed by atoms with van der Waals surface area (Å²) in [4.78, 5) is 6.36. The molecule has 2 atom stereocenters. The van der Waals surface area contributed by atoms with Crippen molar-refractivity contribution in [2.24, 2.45) is 5.73 Å². The third kappa shape index (κ3) is 3.02. The molecule has 0 saturated heterocycles. The molecule has 0 aliphatic heterocycles. The number of hydrogen-bond acceptors (Lipinski definition) is 6. The van der Waals surface area contributed by atoms with E-state index in [9.17, 15) is 23.4 Å². The van der Waals surface area contributed by atoms with Gasteiger partial charge >= 0.3 is 6.18 Å². The molecule has 0 aromatic carbocycles. The predicted molar refractivity (Wildman–Crippen MR) is 51.5 cm³/mol. The van der Waals surface area contributed by atoms with Crippen LogP contribution in [0.3, 0.4) is 0 Å². The Hall–Kier alpha value is -1.45. The first-order valence-electron chi connectivity index (χ1n) is 4.53. The molecule has 1 aromatic heterocycles. The zero-order chi connectivity index (χ0) is 13.2. The van der Waals surface area contributed by atoms with E-state index < -0.39 is 42.1 Å². The number of aliphatic hydroxyl groups is 2. The Morgan fingerprint density at radius 1 is 1.35 bits per heavy atom. The fourth-order valence-corrected chi connectivity index (χ4v) is 1.18. The van der Waals surface area contributed by atoms with Crippen LogP contribution in [0.25, 0.3) is 0 Å². The molecule has 0 radical (unpaired) electrons. The average molecular weight is 252 g/mol. The number of anilines is 1. The summed E-state index contributed by atoms with van der Waals surface area (Å²) in [6, 6.07) is 0. The van der Waals surface area contributed by atoms with Gasteiger partial charge in [-0.15, -0.1) is 0 Å². The maximum absolute atomic E-state index is 12.6. The van der Waals surface area contributed by atoms with Gasteiger partial charge in [0, 0.05) is 18.3 Å². The van der Waals surface area contributed by atoms with Gasteiger partial charge in [-0.3, -0.25) is 0 Å². The van der Waals surface area contributed by atoms with Crippen LogP contribution in [0.4, 0.5) is 19.1 Å². The lowest BCUT2D eigenvalue weighted by Gasteiger charge is -2.19. The van der Waals surface area contributed by atoms with Crippen LogP contribution >= 0.6 is 0 Å². The summed E-state index contributed by atoms with van der Waals surface area (Å²) in [6.07, 6.45) is -7.45. The number of rotatable bonds is 3. The SMILES string of the molecule is NCC(O)C(O)c1cnc(N)nc1C(F)(F)F. The third-order valence-electron chi connectivity index (χ3n) is 2.03. The second-order valence-electron chi connectivity index (χ2n) is 3.28. The lowest BCUT2D eigenvalue weighted by molar-refractivity contribution is -0.143. The van der Waals surface area contributed by atoms with Gasteiger partial charge in [0.2, 0.25) is 5.95 Å². The topological polar surface area (TPSA) is 118 Å². The molecule has 0 saturated carbocycles. The maximum atomic E-state index is 12.6. The Balaban J connectivity index is 3.24. The van der Waals surface area contributed by atoms with Crippen LogP contribution in [-0.4, -0.2) is 32.8 Å². The highest BCUT2D eigenvalue weighted by Gasteiger charge is 2.38. The fourth-order valence-electron chi connectivity index (χ4n) is 1.18. The van der Waals surface area contributed by atoms with Gasteiger partial charge < -0.3 is 21.7 Å². The number of aromatic nitrogens is 2. The van der Waals surface area contributed by atoms with Crippen molar-refractivity contribution in [1.29, 1.82) is 0 Å². The highest BCUT2D eigenvalue weighted by molar-refractivity contribution is 5.29. The third-order valence-corrected chi connectivity index (χ3v) is 2.03. The molecule has 96 valence electrons. The van der Waals surface area contributed by atoms with E-state index in [4.69, 9.17) is 11.5 Å². The Morgan fingerprint density at radius 3 is 2.41 bits per heavy atom. The molecule has 0 spiro atoms. The van der Waals surface area contributed by atoms with Crippen LogP contribution in [0.5, 0.6) is 0 Å². The number of halogens is 3. The second kappa shape index (κ2) is 4.82. The average Bonchev–Trinajstić information content (AvgIpc) is 2.25. The molecule has 0 aliphatic rings. The smallest absolute Gasteiger partial charge is 0.389 e. The van der Waals surface area contributed by atoms with Crippen molar-refractivity contribution in [2.45, 2.75) is 18.4 Å². The number of nitrogens with two attached hydrogens (primary N) is 2. The van der Waals surface area contributed by atoms with E-state index in [-0.39, 0.29) is 0 Å². The van der Waals surface area contributed by atoms with Crippen LogP contribution in [-0.2, 0) is 6.18 Å². The fraction of sp³-hybridized carbons (Fsp3) is 0.500. The number of hydrogen-bond donors (Lipinski definition) is 4. The monoisotopic (exact) mass is 252 g/mol. The van der Waals surface area contributed by atoms with Gasteiger partial charge in [-0.05, 0) is 0 Å². The number of aliphatic hydroxyl groups excluding tert-OH is 2. The zero-order valence-electron chi connectivity index (χ0n) is 8.52. The molecular formula is C8H11F3N4O2. The molecule has 6 nitrogen and oxygen atoms in total. The molecule has 0 aliphatic carbocycles. The first-order chi connectivity index (χ1) is 7.77. The van der Waals surface area contributed by atoms with E-state index in [1.165, 1.54) is 0 Å². The molecular weight excluding hydrogens is 241 g/mol. The van der Waals surface area contributed by atoms with E-state index in [0.29, 0.717) is 6.20 Å². The first-order valence-corrected chi connectivity index (χ1v) is 4.53. The predicted octanol–water partition coefficient (Wildman–Crippen LogP) is -0.569. The van der Waals surface area contributed by atoms with Crippen molar-refractivity contribution >= 4 is 5.95 Å². The van der Waals surface area contributed by atoms with E-state index in [0.717, 1.165) is 0 Å². The maximum Gasteiger partial charge on any atom is 0.433 e. The molecule has 0 fully saturated rings. The molecule has 9 heteroatoms. The first kappa shape index (κ1) is 13.6. The summed E-state index contributed by atoms with van der Waals surface area (Å²) >= 11 is 0. The van der Waals surface area contributed by atoms with Gasteiger partial charge in [-0.2, -0.15) is 13.2 Å². The Morgan fingerprint density at radius 2 is 1.94 bits per heavy atom. The summed E-state index contributed by atoms with van der Waals surface area (Å²) in [5, 5.41) is 18.7. The summed E-state index contributed by atoms with van der Waals surface area (Å²) in [7, 11) is 0. The Labute approximate surface area is 94.1 Å². The molecule has 17 heavy (non-hydrogen) atoms. The standard InChI is InChI=1S/C8H11F3N4O2/c9-8(10,11)6-3(2-14-7(13)15-6)5(17)4(16)1-12/h2,4-5,16-17H,1,12H2,(H2,13,14,15). The molecule has 0 amide bonds. The van der Waals surface area contributed by atoms with Crippen molar-refractivity contribution in [3.8, 4) is 0 Å². The van der Waals surface area contributed by atoms with E-state index >= 15 is 0 Å². The van der Waals surface area contributed by atoms with E-state index in [1.54, 1.807) is 0 Å². The van der Waals surface area contributed by atoms with Crippen LogP contribution in [0.1, 0.15) is 17.4 Å². The summed E-state index contributed by atoms with van der Waals surface area (Å²) < 4.78 is 37.8. The second-order valence-corrected chi connectivity index (χ2v) is 3.28. The molecule has 6 N–H and O–H groups in total.